The van der Waals surface area contributed by atoms with Crippen LogP contribution in [-0.4, -0.2) is 20.3 Å². The van der Waals surface area contributed by atoms with Crippen LogP contribution in [0.1, 0.15) is 11.1 Å². The van der Waals surface area contributed by atoms with Crippen LogP contribution in [0.5, 0.6) is 5.75 Å². The van der Waals surface area contributed by atoms with Crippen LogP contribution in [0.3, 0.4) is 0 Å². The summed E-state index contributed by atoms with van der Waals surface area (Å²) < 4.78 is 12.8. The molecular weight excluding hydrogens is 418 g/mol. The van der Waals surface area contributed by atoms with Gasteiger partial charge in [-0.15, -0.1) is 0 Å². The van der Waals surface area contributed by atoms with E-state index in [1.54, 1.807) is 18.4 Å². The fourth-order valence-electron chi connectivity index (χ4n) is 1.79. The monoisotopic (exact) mass is 433 g/mol. The highest BCUT2D eigenvalue weighted by molar-refractivity contribution is 9.11. The van der Waals surface area contributed by atoms with Gasteiger partial charge in [0.05, 0.1) is 15.6 Å². The number of thiophene rings is 1. The Bertz CT molecular complexity index is 538. The zero-order valence-corrected chi connectivity index (χ0v) is 15.7. The maximum atomic E-state index is 5.88. The molecule has 21 heavy (non-hydrogen) atoms. The first-order valence-corrected chi connectivity index (χ1v) is 9.05. The van der Waals surface area contributed by atoms with Crippen molar-refractivity contribution in [2.45, 2.75) is 13.2 Å². The quantitative estimate of drug-likeness (QED) is 0.616. The lowest BCUT2D eigenvalue weighted by Crippen LogP contribution is -2.18. The molecular formula is C15H17Br2NO2S. The van der Waals surface area contributed by atoms with Crippen molar-refractivity contribution in [3.63, 3.8) is 0 Å². The molecule has 1 aromatic carbocycles. The highest BCUT2D eigenvalue weighted by atomic mass is 79.9. The molecule has 114 valence electrons. The Morgan fingerprint density at radius 2 is 1.95 bits per heavy atom. The summed E-state index contributed by atoms with van der Waals surface area (Å²) in [7, 11) is 1.70. The van der Waals surface area contributed by atoms with Gasteiger partial charge in [0.15, 0.2) is 0 Å². The summed E-state index contributed by atoms with van der Waals surface area (Å²) in [6, 6.07) is 6.22. The third kappa shape index (κ3) is 5.38. The van der Waals surface area contributed by atoms with E-state index in [1.165, 1.54) is 11.1 Å². The number of nitrogens with one attached hydrogen (secondary N) is 1. The van der Waals surface area contributed by atoms with Crippen LogP contribution >= 0.6 is 43.2 Å². The topological polar surface area (TPSA) is 30.5 Å². The molecule has 3 nitrogen and oxygen atoms in total. The summed E-state index contributed by atoms with van der Waals surface area (Å²) in [5.41, 5.74) is 2.37. The van der Waals surface area contributed by atoms with Gasteiger partial charge in [-0.3, -0.25) is 0 Å². The molecule has 1 heterocycles. The number of hydrogen-bond donors (Lipinski definition) is 1. The molecule has 0 atom stereocenters. The Kier molecular flexibility index (Phi) is 7.19. The van der Waals surface area contributed by atoms with Crippen molar-refractivity contribution >= 4 is 43.2 Å². The number of ether oxygens (including phenoxy) is 2. The van der Waals surface area contributed by atoms with Gasteiger partial charge in [0.2, 0.25) is 0 Å². The minimum Gasteiger partial charge on any atom is -0.487 e. The van der Waals surface area contributed by atoms with Crippen molar-refractivity contribution in [3.05, 3.63) is 49.0 Å². The second-order valence-corrected chi connectivity index (χ2v) is 6.97. The van der Waals surface area contributed by atoms with Crippen LogP contribution in [0.2, 0.25) is 0 Å². The second-order valence-electron chi connectivity index (χ2n) is 4.48. The van der Waals surface area contributed by atoms with Crippen molar-refractivity contribution in [1.82, 2.24) is 5.32 Å². The SMILES string of the molecule is COCCNCc1cc(Br)c(OCc2ccsc2)c(Br)c1. The molecule has 0 amide bonds. The molecule has 0 saturated heterocycles. The minimum atomic E-state index is 0.576. The summed E-state index contributed by atoms with van der Waals surface area (Å²) in [6.45, 7) is 2.92. The van der Waals surface area contributed by atoms with Crippen molar-refractivity contribution in [3.8, 4) is 5.75 Å². The van der Waals surface area contributed by atoms with E-state index >= 15 is 0 Å². The second kappa shape index (κ2) is 8.90. The Morgan fingerprint density at radius 3 is 2.57 bits per heavy atom. The third-order valence-corrected chi connectivity index (χ3v) is 4.74. The van der Waals surface area contributed by atoms with Gasteiger partial charge in [-0.05, 0) is 71.9 Å². The zero-order chi connectivity index (χ0) is 15.1. The van der Waals surface area contributed by atoms with Crippen LogP contribution in [0, 0.1) is 0 Å². The van der Waals surface area contributed by atoms with Gasteiger partial charge in [0, 0.05) is 20.2 Å². The Morgan fingerprint density at radius 1 is 1.19 bits per heavy atom. The maximum Gasteiger partial charge on any atom is 0.148 e. The molecule has 0 spiro atoms. The first-order chi connectivity index (χ1) is 10.2. The zero-order valence-electron chi connectivity index (χ0n) is 11.7. The van der Waals surface area contributed by atoms with E-state index in [9.17, 15) is 0 Å². The first-order valence-electron chi connectivity index (χ1n) is 6.52. The number of halogens is 2. The van der Waals surface area contributed by atoms with Gasteiger partial charge in [-0.1, -0.05) is 0 Å². The predicted octanol–water partition coefficient (Wildman–Crippen LogP) is 4.59. The Labute approximate surface area is 145 Å². The van der Waals surface area contributed by atoms with Gasteiger partial charge in [0.1, 0.15) is 12.4 Å². The highest BCUT2D eigenvalue weighted by Gasteiger charge is 2.09. The van der Waals surface area contributed by atoms with Gasteiger partial charge < -0.3 is 14.8 Å². The van der Waals surface area contributed by atoms with Gasteiger partial charge in [-0.2, -0.15) is 11.3 Å². The molecule has 0 aliphatic carbocycles. The lowest BCUT2D eigenvalue weighted by molar-refractivity contribution is 0.199. The normalized spacial score (nSPS) is 10.8. The Hall–Kier alpha value is -0.400. The lowest BCUT2D eigenvalue weighted by Gasteiger charge is -2.12. The van der Waals surface area contributed by atoms with Crippen LogP contribution in [0.15, 0.2) is 37.9 Å². The van der Waals surface area contributed by atoms with E-state index in [1.807, 2.05) is 0 Å². The number of benzene rings is 1. The molecule has 0 aliphatic rings. The highest BCUT2D eigenvalue weighted by Crippen LogP contribution is 2.35. The molecule has 0 saturated carbocycles. The van der Waals surface area contributed by atoms with Crippen LogP contribution < -0.4 is 10.1 Å². The van der Waals surface area contributed by atoms with Gasteiger partial charge in [0.25, 0.3) is 0 Å². The van der Waals surface area contributed by atoms with E-state index < -0.39 is 0 Å². The number of hydrogen-bond acceptors (Lipinski definition) is 4. The molecule has 0 aliphatic heterocycles. The fourth-order valence-corrected chi connectivity index (χ4v) is 3.95. The van der Waals surface area contributed by atoms with Crippen molar-refractivity contribution in [2.24, 2.45) is 0 Å². The molecule has 0 radical (unpaired) electrons. The smallest absolute Gasteiger partial charge is 0.148 e. The van der Waals surface area contributed by atoms with Gasteiger partial charge in [-0.25, -0.2) is 0 Å². The van der Waals surface area contributed by atoms with Crippen molar-refractivity contribution in [1.29, 1.82) is 0 Å². The average molecular weight is 435 g/mol. The molecule has 1 N–H and O–H groups in total. The van der Waals surface area contributed by atoms with Crippen LogP contribution in [0.4, 0.5) is 0 Å². The van der Waals surface area contributed by atoms with Crippen molar-refractivity contribution < 1.29 is 9.47 Å². The Balaban J connectivity index is 1.96. The lowest BCUT2D eigenvalue weighted by atomic mass is 10.2. The summed E-state index contributed by atoms with van der Waals surface area (Å²) in [4.78, 5) is 0. The minimum absolute atomic E-state index is 0.576. The number of methoxy groups -OCH3 is 1. The average Bonchev–Trinajstić information content (AvgIpc) is 2.96. The number of rotatable bonds is 8. The van der Waals surface area contributed by atoms with Gasteiger partial charge >= 0.3 is 0 Å². The van der Waals surface area contributed by atoms with E-state index in [4.69, 9.17) is 9.47 Å². The largest absolute Gasteiger partial charge is 0.487 e. The molecule has 6 heteroatoms. The molecule has 0 fully saturated rings. The molecule has 0 bridgehead atoms. The van der Waals surface area contributed by atoms with Crippen LogP contribution in [0.25, 0.3) is 0 Å². The molecule has 2 aromatic rings. The standard InChI is InChI=1S/C15H17Br2NO2S/c1-19-4-3-18-8-12-6-13(16)15(14(17)7-12)20-9-11-2-5-21-10-11/h2,5-7,10,18H,3-4,8-9H2,1H3. The van der Waals surface area contributed by atoms with E-state index in [-0.39, 0.29) is 0 Å². The summed E-state index contributed by atoms with van der Waals surface area (Å²) >= 11 is 8.84. The maximum absolute atomic E-state index is 5.88. The van der Waals surface area contributed by atoms with Crippen LogP contribution in [-0.2, 0) is 17.9 Å². The van der Waals surface area contributed by atoms with E-state index in [0.29, 0.717) is 13.2 Å². The predicted molar refractivity (Wildman–Crippen MR) is 94.1 cm³/mol. The summed E-state index contributed by atoms with van der Waals surface area (Å²) in [6.07, 6.45) is 0. The van der Waals surface area contributed by atoms with E-state index in [0.717, 1.165) is 27.8 Å². The van der Waals surface area contributed by atoms with Crippen molar-refractivity contribution in [2.75, 3.05) is 20.3 Å². The summed E-state index contributed by atoms with van der Waals surface area (Å²) in [5, 5.41) is 7.47. The van der Waals surface area contributed by atoms with E-state index in [2.05, 4.69) is 66.1 Å². The third-order valence-electron chi connectivity index (χ3n) is 2.83. The molecule has 1 aromatic heterocycles. The molecule has 0 unspecified atom stereocenters. The first kappa shape index (κ1) is 17.0. The molecule has 2 rings (SSSR count). The summed E-state index contributed by atoms with van der Waals surface area (Å²) in [5.74, 6) is 0.835. The fraction of sp³-hybridized carbons (Fsp3) is 0.333.